The number of aryl methyl sites for hydroxylation is 1. The van der Waals surface area contributed by atoms with Crippen LogP contribution in [0.25, 0.3) is 0 Å². The van der Waals surface area contributed by atoms with E-state index >= 15 is 0 Å². The molecule has 3 rings (SSSR count). The van der Waals surface area contributed by atoms with Crippen LogP contribution < -0.4 is 5.32 Å². The maximum atomic E-state index is 12.1. The predicted octanol–water partition coefficient (Wildman–Crippen LogP) is 2.15. The van der Waals surface area contributed by atoms with Crippen molar-refractivity contribution < 1.29 is 9.21 Å². The van der Waals surface area contributed by atoms with E-state index in [2.05, 4.69) is 34.6 Å². The normalized spacial score (nSPS) is 20.4. The molecule has 6 heteroatoms. The number of hydrogen-bond donors (Lipinski definition) is 2. The van der Waals surface area contributed by atoms with E-state index in [1.165, 1.54) is 6.20 Å². The van der Waals surface area contributed by atoms with Gasteiger partial charge in [0.15, 0.2) is 5.69 Å². The molecule has 1 aliphatic carbocycles. The van der Waals surface area contributed by atoms with Crippen molar-refractivity contribution in [2.45, 2.75) is 39.7 Å². The van der Waals surface area contributed by atoms with Gasteiger partial charge in [-0.05, 0) is 24.8 Å². The molecule has 1 amide bonds. The zero-order chi connectivity index (χ0) is 14.3. The van der Waals surface area contributed by atoms with Crippen LogP contribution in [-0.4, -0.2) is 21.3 Å². The van der Waals surface area contributed by atoms with Crippen molar-refractivity contribution in [3.8, 4) is 0 Å². The van der Waals surface area contributed by atoms with Crippen LogP contribution in [0.4, 0.5) is 0 Å². The highest BCUT2D eigenvalue weighted by Gasteiger charge is 2.35. The molecule has 0 radical (unpaired) electrons. The van der Waals surface area contributed by atoms with Gasteiger partial charge in [0.1, 0.15) is 11.5 Å². The van der Waals surface area contributed by atoms with Crippen molar-refractivity contribution in [1.29, 1.82) is 0 Å². The Hall–Kier alpha value is -2.11. The fraction of sp³-hybridized carbons (Fsp3) is 0.500. The lowest BCUT2D eigenvalue weighted by molar-refractivity contribution is 0.0912. The van der Waals surface area contributed by atoms with Gasteiger partial charge in [0.2, 0.25) is 0 Å². The third kappa shape index (κ3) is 2.33. The van der Waals surface area contributed by atoms with Crippen molar-refractivity contribution in [1.82, 2.24) is 20.7 Å². The Balaban J connectivity index is 1.87. The molecule has 0 saturated carbocycles. The molecule has 1 unspecified atom stereocenters. The number of nitrogens with zero attached hydrogens (tertiary/aromatic N) is 2. The van der Waals surface area contributed by atoms with Crippen LogP contribution in [0.15, 0.2) is 16.7 Å². The Labute approximate surface area is 116 Å². The molecular formula is C14H18N4O2. The van der Waals surface area contributed by atoms with Crippen molar-refractivity contribution in [2.24, 2.45) is 5.41 Å². The van der Waals surface area contributed by atoms with Crippen LogP contribution in [0.1, 0.15) is 53.9 Å². The van der Waals surface area contributed by atoms with Gasteiger partial charge in [0, 0.05) is 12.0 Å². The summed E-state index contributed by atoms with van der Waals surface area (Å²) in [5.41, 5.74) is 1.48. The maximum Gasteiger partial charge on any atom is 0.273 e. The van der Waals surface area contributed by atoms with Crippen molar-refractivity contribution in [3.05, 3.63) is 35.0 Å². The number of furan rings is 1. The number of carbonyl (C=O) groups excluding carboxylic acids is 1. The zero-order valence-electron chi connectivity index (χ0n) is 11.9. The first kappa shape index (κ1) is 12.9. The first-order chi connectivity index (χ1) is 9.44. The molecule has 2 N–H and O–H groups in total. The van der Waals surface area contributed by atoms with E-state index in [0.717, 1.165) is 29.9 Å². The molecule has 2 aromatic rings. The second-order valence-electron chi connectivity index (χ2n) is 6.16. The number of amides is 1. The van der Waals surface area contributed by atoms with Gasteiger partial charge in [-0.15, -0.1) is 0 Å². The Morgan fingerprint density at radius 2 is 2.35 bits per heavy atom. The summed E-state index contributed by atoms with van der Waals surface area (Å²) in [6.07, 6.45) is 3.19. The number of carbonyl (C=O) groups is 1. The summed E-state index contributed by atoms with van der Waals surface area (Å²) < 4.78 is 5.76. The second-order valence-corrected chi connectivity index (χ2v) is 6.16. The lowest BCUT2D eigenvalue weighted by Gasteiger charge is -2.34. The predicted molar refractivity (Wildman–Crippen MR) is 72.1 cm³/mol. The number of hydrogen-bond acceptors (Lipinski definition) is 4. The fourth-order valence-electron chi connectivity index (χ4n) is 2.86. The minimum atomic E-state index is -0.216. The maximum absolute atomic E-state index is 12.1. The molecule has 0 bridgehead atoms. The van der Waals surface area contributed by atoms with Crippen LogP contribution in [0.5, 0.6) is 0 Å². The van der Waals surface area contributed by atoms with Crippen molar-refractivity contribution >= 4 is 5.91 Å². The monoisotopic (exact) mass is 274 g/mol. The van der Waals surface area contributed by atoms with E-state index in [1.807, 2.05) is 13.0 Å². The van der Waals surface area contributed by atoms with Crippen LogP contribution >= 0.6 is 0 Å². The molecule has 6 nitrogen and oxygen atoms in total. The van der Waals surface area contributed by atoms with Gasteiger partial charge in [0.25, 0.3) is 5.91 Å². The standard InChI is InChI=1S/C14H18N4O2/c1-8-4-9-10(5-14(2,3)6-12(9)20-8)16-13(19)11-7-15-18-17-11/h4,7,10H,5-6H2,1-3H3,(H,16,19)(H,15,17,18). The number of aromatic nitrogens is 3. The quantitative estimate of drug-likeness (QED) is 0.878. The van der Waals surface area contributed by atoms with Gasteiger partial charge in [-0.1, -0.05) is 13.8 Å². The Morgan fingerprint density at radius 3 is 3.05 bits per heavy atom. The summed E-state index contributed by atoms with van der Waals surface area (Å²) in [5.74, 6) is 1.64. The second kappa shape index (κ2) is 4.47. The van der Waals surface area contributed by atoms with Crippen molar-refractivity contribution in [2.75, 3.05) is 0 Å². The molecule has 0 aromatic carbocycles. The summed E-state index contributed by atoms with van der Waals surface area (Å²) in [4.78, 5) is 12.1. The molecular weight excluding hydrogens is 256 g/mol. The lowest BCUT2D eigenvalue weighted by atomic mass is 9.74. The molecule has 106 valence electrons. The van der Waals surface area contributed by atoms with Crippen LogP contribution in [0, 0.1) is 12.3 Å². The summed E-state index contributed by atoms with van der Waals surface area (Å²) >= 11 is 0. The van der Waals surface area contributed by atoms with E-state index < -0.39 is 0 Å². The van der Waals surface area contributed by atoms with E-state index in [4.69, 9.17) is 4.42 Å². The fourth-order valence-corrected chi connectivity index (χ4v) is 2.86. The average molecular weight is 274 g/mol. The lowest BCUT2D eigenvalue weighted by Crippen LogP contribution is -2.36. The number of aromatic amines is 1. The molecule has 0 aliphatic heterocycles. The van der Waals surface area contributed by atoms with Crippen LogP contribution in [-0.2, 0) is 6.42 Å². The highest BCUT2D eigenvalue weighted by Crippen LogP contribution is 2.42. The SMILES string of the molecule is Cc1cc2c(o1)CC(C)(C)CC2NC(=O)c1cn[nH]n1. The van der Waals surface area contributed by atoms with Crippen LogP contribution in [0.3, 0.4) is 0 Å². The summed E-state index contributed by atoms with van der Waals surface area (Å²) in [6.45, 7) is 6.30. The Morgan fingerprint density at radius 1 is 1.55 bits per heavy atom. The van der Waals surface area contributed by atoms with E-state index in [9.17, 15) is 4.79 Å². The van der Waals surface area contributed by atoms with Crippen molar-refractivity contribution in [3.63, 3.8) is 0 Å². The Kier molecular flexibility index (Phi) is 2.88. The average Bonchev–Trinajstić information content (AvgIpc) is 2.95. The van der Waals surface area contributed by atoms with Gasteiger partial charge >= 0.3 is 0 Å². The largest absolute Gasteiger partial charge is 0.466 e. The zero-order valence-corrected chi connectivity index (χ0v) is 11.9. The first-order valence-corrected chi connectivity index (χ1v) is 6.70. The third-order valence-electron chi connectivity index (χ3n) is 3.69. The smallest absolute Gasteiger partial charge is 0.273 e. The van der Waals surface area contributed by atoms with Gasteiger partial charge in [0.05, 0.1) is 12.2 Å². The molecule has 0 fully saturated rings. The molecule has 1 aliphatic rings. The van der Waals surface area contributed by atoms with E-state index in [1.54, 1.807) is 0 Å². The molecule has 0 saturated heterocycles. The summed E-state index contributed by atoms with van der Waals surface area (Å²) in [6, 6.07) is 1.97. The summed E-state index contributed by atoms with van der Waals surface area (Å²) in [5, 5.41) is 12.9. The number of fused-ring (bicyclic) bond motifs is 1. The molecule has 1 atom stereocenters. The Bertz CT molecular complexity index is 628. The number of H-pyrrole nitrogens is 1. The van der Waals surface area contributed by atoms with Gasteiger partial charge < -0.3 is 9.73 Å². The van der Waals surface area contributed by atoms with Gasteiger partial charge in [-0.2, -0.15) is 15.4 Å². The van der Waals surface area contributed by atoms with E-state index in [0.29, 0.717) is 5.69 Å². The molecule has 2 heterocycles. The highest BCUT2D eigenvalue weighted by atomic mass is 16.3. The van der Waals surface area contributed by atoms with Gasteiger partial charge in [-0.3, -0.25) is 4.79 Å². The molecule has 2 aromatic heterocycles. The van der Waals surface area contributed by atoms with Crippen LogP contribution in [0.2, 0.25) is 0 Å². The minimum absolute atomic E-state index is 0.0459. The summed E-state index contributed by atoms with van der Waals surface area (Å²) in [7, 11) is 0. The number of nitrogens with one attached hydrogen (secondary N) is 2. The minimum Gasteiger partial charge on any atom is -0.466 e. The highest BCUT2D eigenvalue weighted by molar-refractivity contribution is 5.92. The van der Waals surface area contributed by atoms with E-state index in [-0.39, 0.29) is 17.4 Å². The molecule has 0 spiro atoms. The van der Waals surface area contributed by atoms with Gasteiger partial charge in [-0.25, -0.2) is 0 Å². The topological polar surface area (TPSA) is 83.8 Å². The third-order valence-corrected chi connectivity index (χ3v) is 3.69. The first-order valence-electron chi connectivity index (χ1n) is 6.70. The number of rotatable bonds is 2. The molecule has 20 heavy (non-hydrogen) atoms.